The van der Waals surface area contributed by atoms with E-state index in [0.29, 0.717) is 6.61 Å². The molecule has 2 aromatic rings. The van der Waals surface area contributed by atoms with Crippen LogP contribution in [0.15, 0.2) is 36.4 Å². The van der Waals surface area contributed by atoms with Crippen molar-refractivity contribution >= 4 is 0 Å². The van der Waals surface area contributed by atoms with Crippen LogP contribution in [0.2, 0.25) is 0 Å². The summed E-state index contributed by atoms with van der Waals surface area (Å²) in [7, 11) is 1.91. The molecule has 1 aromatic carbocycles. The molecule has 4 nitrogen and oxygen atoms in total. The van der Waals surface area contributed by atoms with E-state index in [4.69, 9.17) is 4.74 Å². The first-order valence-electron chi connectivity index (χ1n) is 6.21. The second kappa shape index (κ2) is 6.21. The van der Waals surface area contributed by atoms with Gasteiger partial charge in [0.1, 0.15) is 6.61 Å². The number of hydrogen-bond acceptors (Lipinski definition) is 3. The lowest BCUT2D eigenvalue weighted by Crippen LogP contribution is -2.07. The van der Waals surface area contributed by atoms with Crippen molar-refractivity contribution in [2.45, 2.75) is 26.6 Å². The van der Waals surface area contributed by atoms with Gasteiger partial charge in [0, 0.05) is 19.2 Å². The normalized spacial score (nSPS) is 10.6. The monoisotopic (exact) mass is 245 g/mol. The van der Waals surface area contributed by atoms with Gasteiger partial charge in [0.05, 0.1) is 5.69 Å². The minimum atomic E-state index is 0.575. The van der Waals surface area contributed by atoms with Gasteiger partial charge in [0.2, 0.25) is 5.88 Å². The highest BCUT2D eigenvalue weighted by molar-refractivity contribution is 5.18. The van der Waals surface area contributed by atoms with Crippen LogP contribution in [0.25, 0.3) is 0 Å². The van der Waals surface area contributed by atoms with Gasteiger partial charge in [-0.25, -0.2) is 4.68 Å². The largest absolute Gasteiger partial charge is 0.473 e. The van der Waals surface area contributed by atoms with Crippen molar-refractivity contribution in [2.75, 3.05) is 7.05 Å². The Labute approximate surface area is 108 Å². The smallest absolute Gasteiger partial charge is 0.212 e. The van der Waals surface area contributed by atoms with E-state index >= 15 is 0 Å². The van der Waals surface area contributed by atoms with Gasteiger partial charge in [0.25, 0.3) is 0 Å². The molecule has 0 spiro atoms. The molecule has 0 aliphatic carbocycles. The SMILES string of the molecule is CCn1nc(CNC)cc1OCc1ccccc1. The average Bonchev–Trinajstić information content (AvgIpc) is 2.80. The van der Waals surface area contributed by atoms with Crippen molar-refractivity contribution in [3.63, 3.8) is 0 Å². The number of aryl methyl sites for hydroxylation is 1. The van der Waals surface area contributed by atoms with Crippen LogP contribution in [-0.2, 0) is 19.7 Å². The zero-order valence-electron chi connectivity index (χ0n) is 10.9. The minimum absolute atomic E-state index is 0.575. The molecule has 0 amide bonds. The van der Waals surface area contributed by atoms with E-state index in [1.165, 1.54) is 0 Å². The van der Waals surface area contributed by atoms with Gasteiger partial charge in [-0.15, -0.1) is 0 Å². The summed E-state index contributed by atoms with van der Waals surface area (Å²) in [6.07, 6.45) is 0. The summed E-state index contributed by atoms with van der Waals surface area (Å²) in [6.45, 7) is 4.21. The van der Waals surface area contributed by atoms with Gasteiger partial charge in [-0.05, 0) is 19.5 Å². The van der Waals surface area contributed by atoms with E-state index < -0.39 is 0 Å². The Morgan fingerprint density at radius 3 is 2.72 bits per heavy atom. The molecule has 0 aliphatic heterocycles. The summed E-state index contributed by atoms with van der Waals surface area (Å²) < 4.78 is 7.70. The molecule has 0 fully saturated rings. The van der Waals surface area contributed by atoms with Crippen molar-refractivity contribution in [3.8, 4) is 5.88 Å². The third-order valence-electron chi connectivity index (χ3n) is 2.68. The molecule has 0 aliphatic rings. The molecule has 0 unspecified atom stereocenters. The molecule has 0 bridgehead atoms. The molecule has 1 aromatic heterocycles. The van der Waals surface area contributed by atoms with Gasteiger partial charge in [-0.1, -0.05) is 30.3 Å². The molecule has 18 heavy (non-hydrogen) atoms. The number of ether oxygens (including phenoxy) is 1. The van der Waals surface area contributed by atoms with Crippen LogP contribution in [0.4, 0.5) is 0 Å². The summed E-state index contributed by atoms with van der Waals surface area (Å²) in [4.78, 5) is 0. The Morgan fingerprint density at radius 2 is 2.06 bits per heavy atom. The summed E-state index contributed by atoms with van der Waals surface area (Å²) in [5.74, 6) is 0.826. The van der Waals surface area contributed by atoms with E-state index in [0.717, 1.165) is 30.2 Å². The lowest BCUT2D eigenvalue weighted by molar-refractivity contribution is 0.274. The molecule has 4 heteroatoms. The van der Waals surface area contributed by atoms with Crippen molar-refractivity contribution in [1.82, 2.24) is 15.1 Å². The number of hydrogen-bond donors (Lipinski definition) is 1. The zero-order valence-corrected chi connectivity index (χ0v) is 10.9. The Balaban J connectivity index is 2.04. The number of rotatable bonds is 6. The summed E-state index contributed by atoms with van der Waals surface area (Å²) in [6, 6.07) is 12.1. The van der Waals surface area contributed by atoms with Gasteiger partial charge in [-0.3, -0.25) is 0 Å². The van der Waals surface area contributed by atoms with Crippen LogP contribution in [0.1, 0.15) is 18.2 Å². The Morgan fingerprint density at radius 1 is 1.28 bits per heavy atom. The van der Waals surface area contributed by atoms with Gasteiger partial charge < -0.3 is 10.1 Å². The second-order valence-corrected chi connectivity index (χ2v) is 4.09. The minimum Gasteiger partial charge on any atom is -0.473 e. The molecule has 2 rings (SSSR count). The Kier molecular flexibility index (Phi) is 4.36. The van der Waals surface area contributed by atoms with Crippen molar-refractivity contribution < 1.29 is 4.74 Å². The Bertz CT molecular complexity index is 479. The number of nitrogens with one attached hydrogen (secondary N) is 1. The van der Waals surface area contributed by atoms with E-state index in [1.807, 2.05) is 36.0 Å². The molecule has 1 heterocycles. The number of benzene rings is 1. The van der Waals surface area contributed by atoms with Crippen LogP contribution >= 0.6 is 0 Å². The van der Waals surface area contributed by atoms with Crippen LogP contribution in [-0.4, -0.2) is 16.8 Å². The first-order valence-corrected chi connectivity index (χ1v) is 6.21. The summed E-state index contributed by atoms with van der Waals surface area (Å²) in [5, 5.41) is 7.55. The quantitative estimate of drug-likeness (QED) is 0.848. The molecule has 0 atom stereocenters. The highest BCUT2D eigenvalue weighted by Crippen LogP contribution is 2.15. The second-order valence-electron chi connectivity index (χ2n) is 4.09. The predicted molar refractivity (Wildman–Crippen MR) is 71.4 cm³/mol. The van der Waals surface area contributed by atoms with E-state index in [2.05, 4.69) is 29.5 Å². The highest BCUT2D eigenvalue weighted by Gasteiger charge is 2.07. The molecule has 0 saturated carbocycles. The summed E-state index contributed by atoms with van der Waals surface area (Å²) in [5.41, 5.74) is 2.17. The van der Waals surface area contributed by atoms with E-state index in [9.17, 15) is 0 Å². The topological polar surface area (TPSA) is 39.1 Å². The summed E-state index contributed by atoms with van der Waals surface area (Å²) >= 11 is 0. The first kappa shape index (κ1) is 12.6. The van der Waals surface area contributed by atoms with Crippen LogP contribution < -0.4 is 10.1 Å². The molecule has 0 radical (unpaired) electrons. The third-order valence-corrected chi connectivity index (χ3v) is 2.68. The van der Waals surface area contributed by atoms with Gasteiger partial charge in [-0.2, -0.15) is 5.10 Å². The number of aromatic nitrogens is 2. The molecular formula is C14H19N3O. The maximum absolute atomic E-state index is 5.81. The van der Waals surface area contributed by atoms with Crippen molar-refractivity contribution in [3.05, 3.63) is 47.7 Å². The standard InChI is InChI=1S/C14H19N3O/c1-3-17-14(9-13(16-17)10-15-2)18-11-12-7-5-4-6-8-12/h4-9,15H,3,10-11H2,1-2H3. The van der Waals surface area contributed by atoms with Gasteiger partial charge in [0.15, 0.2) is 0 Å². The predicted octanol–water partition coefficient (Wildman–Crippen LogP) is 2.20. The van der Waals surface area contributed by atoms with Crippen LogP contribution in [0.5, 0.6) is 5.88 Å². The fourth-order valence-corrected chi connectivity index (χ4v) is 1.79. The average molecular weight is 245 g/mol. The Hall–Kier alpha value is -1.81. The zero-order chi connectivity index (χ0) is 12.8. The van der Waals surface area contributed by atoms with Gasteiger partial charge >= 0.3 is 0 Å². The highest BCUT2D eigenvalue weighted by atomic mass is 16.5. The van der Waals surface area contributed by atoms with E-state index in [-0.39, 0.29) is 0 Å². The molecule has 96 valence electrons. The van der Waals surface area contributed by atoms with Crippen molar-refractivity contribution in [2.24, 2.45) is 0 Å². The fourth-order valence-electron chi connectivity index (χ4n) is 1.79. The van der Waals surface area contributed by atoms with Crippen LogP contribution in [0, 0.1) is 0 Å². The fraction of sp³-hybridized carbons (Fsp3) is 0.357. The third kappa shape index (κ3) is 3.11. The molecule has 1 N–H and O–H groups in total. The molecule has 0 saturated heterocycles. The first-order chi connectivity index (χ1) is 8.83. The maximum Gasteiger partial charge on any atom is 0.212 e. The number of nitrogens with zero attached hydrogens (tertiary/aromatic N) is 2. The van der Waals surface area contributed by atoms with Crippen LogP contribution in [0.3, 0.4) is 0 Å². The lowest BCUT2D eigenvalue weighted by Gasteiger charge is -2.07. The lowest BCUT2D eigenvalue weighted by atomic mass is 10.2. The van der Waals surface area contributed by atoms with E-state index in [1.54, 1.807) is 0 Å². The van der Waals surface area contributed by atoms with Crippen molar-refractivity contribution in [1.29, 1.82) is 0 Å². The maximum atomic E-state index is 5.81. The molecular weight excluding hydrogens is 226 g/mol.